The van der Waals surface area contributed by atoms with Crippen molar-refractivity contribution >= 4 is 23.7 Å². The number of ether oxygens (including phenoxy) is 3. The molecule has 1 N–H and O–H groups in total. The molecule has 0 atom stereocenters. The summed E-state index contributed by atoms with van der Waals surface area (Å²) in [5.74, 6) is 1.31. The Balaban J connectivity index is 1.69. The smallest absolute Gasteiger partial charge is 0.275 e. The van der Waals surface area contributed by atoms with Crippen molar-refractivity contribution in [3.05, 3.63) is 87.9 Å². The SMILES string of the molecule is CCOc1cc(C=NNC(=O)c2ccc(C)cc2OC)ccc1OCc1ccccc1Cl. The van der Waals surface area contributed by atoms with Crippen LogP contribution < -0.4 is 19.6 Å². The largest absolute Gasteiger partial charge is 0.496 e. The third kappa shape index (κ3) is 6.02. The standard InChI is InChI=1S/C25H25ClN2O4/c1-4-31-24-14-18(10-12-22(24)32-16-19-7-5-6-8-21(19)26)15-27-28-25(29)20-11-9-17(2)13-23(20)30-3/h5-15H,4,16H2,1-3H3,(H,28,29). The highest BCUT2D eigenvalue weighted by Crippen LogP contribution is 2.29. The fourth-order valence-corrected chi connectivity index (χ4v) is 3.17. The van der Waals surface area contributed by atoms with Crippen LogP contribution in [0.3, 0.4) is 0 Å². The lowest BCUT2D eigenvalue weighted by Gasteiger charge is -2.13. The maximum absolute atomic E-state index is 12.4. The zero-order chi connectivity index (χ0) is 22.9. The van der Waals surface area contributed by atoms with Gasteiger partial charge in [-0.1, -0.05) is 35.9 Å². The highest BCUT2D eigenvalue weighted by atomic mass is 35.5. The predicted octanol–water partition coefficient (Wildman–Crippen LogP) is 5.40. The number of carbonyl (C=O) groups excluding carboxylic acids is 1. The van der Waals surface area contributed by atoms with E-state index in [-0.39, 0.29) is 5.91 Å². The molecular formula is C25H25ClN2O4. The molecule has 3 aromatic carbocycles. The molecule has 3 rings (SSSR count). The zero-order valence-electron chi connectivity index (χ0n) is 18.2. The summed E-state index contributed by atoms with van der Waals surface area (Å²) in [5.41, 5.74) is 5.57. The van der Waals surface area contributed by atoms with E-state index in [2.05, 4.69) is 10.5 Å². The molecule has 32 heavy (non-hydrogen) atoms. The van der Waals surface area contributed by atoms with Gasteiger partial charge in [-0.25, -0.2) is 5.43 Å². The Morgan fingerprint density at radius 2 is 1.84 bits per heavy atom. The summed E-state index contributed by atoms with van der Waals surface area (Å²) >= 11 is 6.20. The molecule has 166 valence electrons. The molecule has 6 nitrogen and oxygen atoms in total. The van der Waals surface area contributed by atoms with Gasteiger partial charge >= 0.3 is 0 Å². The molecule has 0 fully saturated rings. The predicted molar refractivity (Wildman–Crippen MR) is 126 cm³/mol. The second-order valence-electron chi connectivity index (χ2n) is 6.92. The van der Waals surface area contributed by atoms with Gasteiger partial charge in [0.2, 0.25) is 0 Å². The molecule has 0 aliphatic rings. The molecule has 0 radical (unpaired) electrons. The molecule has 0 aromatic heterocycles. The van der Waals surface area contributed by atoms with Crippen LogP contribution in [0.4, 0.5) is 0 Å². The summed E-state index contributed by atoms with van der Waals surface area (Å²) in [5, 5.41) is 4.71. The van der Waals surface area contributed by atoms with Gasteiger partial charge in [-0.15, -0.1) is 0 Å². The van der Waals surface area contributed by atoms with E-state index < -0.39 is 0 Å². The van der Waals surface area contributed by atoms with Gasteiger partial charge < -0.3 is 14.2 Å². The van der Waals surface area contributed by atoms with Gasteiger partial charge in [0.1, 0.15) is 12.4 Å². The van der Waals surface area contributed by atoms with Crippen molar-refractivity contribution in [2.75, 3.05) is 13.7 Å². The Bertz CT molecular complexity index is 1110. The minimum Gasteiger partial charge on any atom is -0.496 e. The van der Waals surface area contributed by atoms with Gasteiger partial charge in [-0.2, -0.15) is 5.10 Å². The molecule has 0 heterocycles. The Kier molecular flexibility index (Phi) is 8.11. The fourth-order valence-electron chi connectivity index (χ4n) is 2.98. The summed E-state index contributed by atoms with van der Waals surface area (Å²) < 4.78 is 16.9. The molecular weight excluding hydrogens is 428 g/mol. The lowest BCUT2D eigenvalue weighted by molar-refractivity contribution is 0.0952. The van der Waals surface area contributed by atoms with Crippen LogP contribution in [0.5, 0.6) is 17.2 Å². The minimum absolute atomic E-state index is 0.321. The fraction of sp³-hybridized carbons (Fsp3) is 0.200. The minimum atomic E-state index is -0.358. The quantitative estimate of drug-likeness (QED) is 0.348. The van der Waals surface area contributed by atoms with Crippen molar-refractivity contribution in [3.63, 3.8) is 0 Å². The highest BCUT2D eigenvalue weighted by Gasteiger charge is 2.12. The number of carbonyl (C=O) groups is 1. The molecule has 7 heteroatoms. The van der Waals surface area contributed by atoms with Crippen LogP contribution in [0, 0.1) is 6.92 Å². The van der Waals surface area contributed by atoms with Crippen molar-refractivity contribution in [3.8, 4) is 17.2 Å². The van der Waals surface area contributed by atoms with E-state index in [9.17, 15) is 4.79 Å². The third-order valence-electron chi connectivity index (χ3n) is 4.59. The van der Waals surface area contributed by atoms with E-state index >= 15 is 0 Å². The van der Waals surface area contributed by atoms with Gasteiger partial charge in [0, 0.05) is 10.6 Å². The number of amides is 1. The van der Waals surface area contributed by atoms with Crippen LogP contribution in [0.2, 0.25) is 5.02 Å². The van der Waals surface area contributed by atoms with Crippen LogP contribution in [-0.2, 0) is 6.61 Å². The first-order valence-electron chi connectivity index (χ1n) is 10.1. The number of nitrogens with one attached hydrogen (secondary N) is 1. The first-order chi connectivity index (χ1) is 15.5. The summed E-state index contributed by atoms with van der Waals surface area (Å²) in [7, 11) is 1.53. The van der Waals surface area contributed by atoms with Crippen molar-refractivity contribution in [2.45, 2.75) is 20.5 Å². The molecule has 0 spiro atoms. The maximum Gasteiger partial charge on any atom is 0.275 e. The van der Waals surface area contributed by atoms with E-state index in [1.807, 2.05) is 50.2 Å². The number of methoxy groups -OCH3 is 1. The van der Waals surface area contributed by atoms with Gasteiger partial charge in [-0.05, 0) is 61.4 Å². The Labute approximate surface area is 192 Å². The number of rotatable bonds is 9. The molecule has 3 aromatic rings. The molecule has 0 bridgehead atoms. The van der Waals surface area contributed by atoms with Gasteiger partial charge in [0.15, 0.2) is 11.5 Å². The number of benzene rings is 3. The van der Waals surface area contributed by atoms with Crippen LogP contribution in [0.1, 0.15) is 34.0 Å². The molecule has 1 amide bonds. The molecule has 0 aliphatic carbocycles. The maximum atomic E-state index is 12.4. The molecule has 0 aliphatic heterocycles. The Morgan fingerprint density at radius 1 is 1.03 bits per heavy atom. The van der Waals surface area contributed by atoms with Crippen LogP contribution in [0.15, 0.2) is 65.8 Å². The normalized spacial score (nSPS) is 10.8. The van der Waals surface area contributed by atoms with E-state index in [0.717, 1.165) is 16.7 Å². The number of hydrazone groups is 1. The van der Waals surface area contributed by atoms with Crippen molar-refractivity contribution in [1.29, 1.82) is 0 Å². The first-order valence-corrected chi connectivity index (χ1v) is 10.5. The number of halogens is 1. The van der Waals surface area contributed by atoms with Gasteiger partial charge in [-0.3, -0.25) is 4.79 Å². The number of aryl methyl sites for hydroxylation is 1. The average Bonchev–Trinajstić information content (AvgIpc) is 2.79. The number of hydrogen-bond acceptors (Lipinski definition) is 5. The summed E-state index contributed by atoms with van der Waals surface area (Å²) in [6, 6.07) is 18.3. The van der Waals surface area contributed by atoms with E-state index in [1.165, 1.54) is 7.11 Å². The van der Waals surface area contributed by atoms with Crippen LogP contribution >= 0.6 is 11.6 Å². The molecule has 0 saturated heterocycles. The molecule has 0 unspecified atom stereocenters. The second kappa shape index (κ2) is 11.2. The highest BCUT2D eigenvalue weighted by molar-refractivity contribution is 6.31. The summed E-state index contributed by atoms with van der Waals surface area (Å²) in [6.45, 7) is 4.63. The first kappa shape index (κ1) is 23.2. The van der Waals surface area contributed by atoms with Crippen molar-refractivity contribution in [2.24, 2.45) is 5.10 Å². The average molecular weight is 453 g/mol. The summed E-state index contributed by atoms with van der Waals surface area (Å²) in [4.78, 5) is 12.4. The van der Waals surface area contributed by atoms with Crippen LogP contribution in [-0.4, -0.2) is 25.8 Å². The monoisotopic (exact) mass is 452 g/mol. The topological polar surface area (TPSA) is 69.2 Å². The Morgan fingerprint density at radius 3 is 2.59 bits per heavy atom. The Hall–Kier alpha value is -3.51. The second-order valence-corrected chi connectivity index (χ2v) is 7.33. The van der Waals surface area contributed by atoms with Gasteiger partial charge in [0.05, 0.1) is 25.5 Å². The molecule has 0 saturated carbocycles. The number of hydrogen-bond donors (Lipinski definition) is 1. The van der Waals surface area contributed by atoms with E-state index in [4.69, 9.17) is 25.8 Å². The lowest BCUT2D eigenvalue weighted by atomic mass is 10.1. The van der Waals surface area contributed by atoms with Crippen molar-refractivity contribution < 1.29 is 19.0 Å². The zero-order valence-corrected chi connectivity index (χ0v) is 19.0. The van der Waals surface area contributed by atoms with Crippen LogP contribution in [0.25, 0.3) is 0 Å². The summed E-state index contributed by atoms with van der Waals surface area (Å²) in [6.07, 6.45) is 1.54. The van der Waals surface area contributed by atoms with E-state index in [1.54, 1.807) is 30.5 Å². The number of nitrogens with zero attached hydrogens (tertiary/aromatic N) is 1. The third-order valence-corrected chi connectivity index (χ3v) is 4.96. The van der Waals surface area contributed by atoms with E-state index in [0.29, 0.717) is 41.0 Å². The van der Waals surface area contributed by atoms with Crippen molar-refractivity contribution in [1.82, 2.24) is 5.43 Å². The van der Waals surface area contributed by atoms with Gasteiger partial charge in [0.25, 0.3) is 5.91 Å². The lowest BCUT2D eigenvalue weighted by Crippen LogP contribution is -2.18.